The molecule has 7 nitrogen and oxygen atoms in total. The molecular formula is C17H21N5O2. The Morgan fingerprint density at radius 2 is 2.25 bits per heavy atom. The Labute approximate surface area is 140 Å². The van der Waals surface area contributed by atoms with Crippen LogP contribution in [-0.4, -0.2) is 26.6 Å². The minimum Gasteiger partial charge on any atom is -0.349 e. The molecule has 1 unspecified atom stereocenters. The molecule has 0 aliphatic carbocycles. The fraction of sp³-hybridized carbons (Fsp3) is 0.412. The van der Waals surface area contributed by atoms with Crippen LogP contribution in [0.4, 0.5) is 5.69 Å². The number of hydrogen-bond acceptors (Lipinski definition) is 4. The zero-order valence-corrected chi connectivity index (χ0v) is 13.7. The number of fused-ring (bicyclic) bond motifs is 1. The number of aromatic nitrogens is 3. The predicted molar refractivity (Wildman–Crippen MR) is 89.0 cm³/mol. The molecule has 1 atom stereocenters. The van der Waals surface area contributed by atoms with E-state index < -0.39 is 0 Å². The zero-order chi connectivity index (χ0) is 16.9. The molecule has 126 valence electrons. The Morgan fingerprint density at radius 1 is 1.42 bits per heavy atom. The molecule has 1 aliphatic heterocycles. The van der Waals surface area contributed by atoms with E-state index in [1.54, 1.807) is 6.33 Å². The quantitative estimate of drug-likeness (QED) is 0.841. The van der Waals surface area contributed by atoms with Gasteiger partial charge in [-0.05, 0) is 31.4 Å². The van der Waals surface area contributed by atoms with E-state index in [0.29, 0.717) is 25.8 Å². The van der Waals surface area contributed by atoms with Gasteiger partial charge in [-0.3, -0.25) is 9.59 Å². The summed E-state index contributed by atoms with van der Waals surface area (Å²) < 4.78 is 1.88. The summed E-state index contributed by atoms with van der Waals surface area (Å²) in [6, 6.07) is 7.78. The van der Waals surface area contributed by atoms with Crippen LogP contribution in [0.1, 0.15) is 31.2 Å². The first kappa shape index (κ1) is 16.2. The molecule has 0 spiro atoms. The number of carbonyl (C=O) groups excluding carboxylic acids is 2. The molecule has 1 aliphatic rings. The van der Waals surface area contributed by atoms with Crippen LogP contribution in [0.15, 0.2) is 30.6 Å². The number of rotatable bonds is 6. The highest BCUT2D eigenvalue weighted by Crippen LogP contribution is 2.27. The molecule has 2 heterocycles. The molecule has 24 heavy (non-hydrogen) atoms. The largest absolute Gasteiger partial charge is 0.349 e. The number of nitrogens with one attached hydrogen (secondary N) is 2. The second kappa shape index (κ2) is 7.25. The summed E-state index contributed by atoms with van der Waals surface area (Å²) in [5, 5.41) is 13.6. The highest BCUT2D eigenvalue weighted by atomic mass is 16.2. The molecule has 0 fully saturated rings. The van der Waals surface area contributed by atoms with Gasteiger partial charge in [0.25, 0.3) is 0 Å². The normalized spacial score (nSPS) is 16.4. The van der Waals surface area contributed by atoms with Crippen molar-refractivity contribution in [3.8, 4) is 0 Å². The number of hydrogen-bond donors (Lipinski definition) is 2. The first-order valence-corrected chi connectivity index (χ1v) is 8.19. The summed E-state index contributed by atoms with van der Waals surface area (Å²) in [5.41, 5.74) is 2.00. The van der Waals surface area contributed by atoms with Gasteiger partial charge in [0.1, 0.15) is 6.33 Å². The SMILES string of the molecule is CCn1cnnc1CNC(=O)CCC1Cc2ccccc2NC1=O. The van der Waals surface area contributed by atoms with Crippen LogP contribution in [0.25, 0.3) is 0 Å². The van der Waals surface area contributed by atoms with Crippen molar-refractivity contribution in [3.05, 3.63) is 42.0 Å². The topological polar surface area (TPSA) is 88.9 Å². The van der Waals surface area contributed by atoms with Gasteiger partial charge >= 0.3 is 0 Å². The van der Waals surface area contributed by atoms with Crippen molar-refractivity contribution in [1.29, 1.82) is 0 Å². The summed E-state index contributed by atoms with van der Waals surface area (Å²) in [6.07, 6.45) is 3.18. The smallest absolute Gasteiger partial charge is 0.227 e. The van der Waals surface area contributed by atoms with E-state index >= 15 is 0 Å². The van der Waals surface area contributed by atoms with Crippen LogP contribution in [0.2, 0.25) is 0 Å². The average Bonchev–Trinajstić information content (AvgIpc) is 3.05. The van der Waals surface area contributed by atoms with Crippen molar-refractivity contribution in [2.24, 2.45) is 5.92 Å². The Bertz CT molecular complexity index is 740. The molecule has 2 amide bonds. The lowest BCUT2D eigenvalue weighted by atomic mass is 9.89. The van der Waals surface area contributed by atoms with E-state index in [4.69, 9.17) is 0 Å². The van der Waals surface area contributed by atoms with Crippen LogP contribution < -0.4 is 10.6 Å². The highest BCUT2D eigenvalue weighted by molar-refractivity contribution is 5.96. The molecule has 0 saturated heterocycles. The van der Waals surface area contributed by atoms with Crippen LogP contribution in [0.5, 0.6) is 0 Å². The first-order valence-electron chi connectivity index (χ1n) is 8.19. The van der Waals surface area contributed by atoms with Crippen LogP contribution in [0, 0.1) is 5.92 Å². The molecular weight excluding hydrogens is 306 g/mol. The highest BCUT2D eigenvalue weighted by Gasteiger charge is 2.26. The third-order valence-corrected chi connectivity index (χ3v) is 4.31. The van der Waals surface area contributed by atoms with Gasteiger partial charge in [0.05, 0.1) is 6.54 Å². The molecule has 0 saturated carbocycles. The number of nitrogens with zero attached hydrogens (tertiary/aromatic N) is 3. The van der Waals surface area contributed by atoms with Crippen LogP contribution in [0.3, 0.4) is 0 Å². The van der Waals surface area contributed by atoms with Gasteiger partial charge in [0.2, 0.25) is 11.8 Å². The van der Waals surface area contributed by atoms with E-state index in [0.717, 1.165) is 23.6 Å². The third kappa shape index (κ3) is 3.61. The van der Waals surface area contributed by atoms with Gasteiger partial charge in [0.15, 0.2) is 5.82 Å². The molecule has 2 aromatic rings. The van der Waals surface area contributed by atoms with Crippen molar-refractivity contribution in [3.63, 3.8) is 0 Å². The lowest BCUT2D eigenvalue weighted by molar-refractivity contribution is -0.123. The Balaban J connectivity index is 1.49. The Morgan fingerprint density at radius 3 is 3.08 bits per heavy atom. The van der Waals surface area contributed by atoms with Gasteiger partial charge in [-0.25, -0.2) is 0 Å². The number of benzene rings is 1. The number of aryl methyl sites for hydroxylation is 1. The second-order valence-electron chi connectivity index (χ2n) is 5.90. The monoisotopic (exact) mass is 327 g/mol. The molecule has 3 rings (SSSR count). The van der Waals surface area contributed by atoms with Gasteiger partial charge in [-0.15, -0.1) is 10.2 Å². The van der Waals surface area contributed by atoms with Crippen molar-refractivity contribution in [2.75, 3.05) is 5.32 Å². The van der Waals surface area contributed by atoms with Crippen molar-refractivity contribution < 1.29 is 9.59 Å². The second-order valence-corrected chi connectivity index (χ2v) is 5.90. The Kier molecular flexibility index (Phi) is 4.88. The summed E-state index contributed by atoms with van der Waals surface area (Å²) in [4.78, 5) is 24.2. The van der Waals surface area contributed by atoms with Gasteiger partial charge < -0.3 is 15.2 Å². The molecule has 1 aromatic heterocycles. The lowest BCUT2D eigenvalue weighted by Crippen LogP contribution is -2.31. The predicted octanol–water partition coefficient (Wildman–Crippen LogP) is 1.51. The van der Waals surface area contributed by atoms with E-state index in [2.05, 4.69) is 20.8 Å². The third-order valence-electron chi connectivity index (χ3n) is 4.31. The summed E-state index contributed by atoms with van der Waals surface area (Å²) in [7, 11) is 0. The minimum absolute atomic E-state index is 0.00720. The maximum atomic E-state index is 12.1. The van der Waals surface area contributed by atoms with Crippen molar-refractivity contribution in [1.82, 2.24) is 20.1 Å². The molecule has 1 aromatic carbocycles. The van der Waals surface area contributed by atoms with E-state index in [1.165, 1.54) is 0 Å². The number of anilines is 1. The van der Waals surface area contributed by atoms with Gasteiger partial charge in [-0.2, -0.15) is 0 Å². The minimum atomic E-state index is -0.162. The maximum Gasteiger partial charge on any atom is 0.227 e. The first-order chi connectivity index (χ1) is 11.7. The maximum absolute atomic E-state index is 12.1. The molecule has 7 heteroatoms. The van der Waals surface area contributed by atoms with Crippen LogP contribution >= 0.6 is 0 Å². The van der Waals surface area contributed by atoms with Crippen molar-refractivity contribution >= 4 is 17.5 Å². The van der Waals surface area contributed by atoms with Crippen LogP contribution in [-0.2, 0) is 29.1 Å². The zero-order valence-electron chi connectivity index (χ0n) is 13.7. The van der Waals surface area contributed by atoms with E-state index in [9.17, 15) is 9.59 Å². The molecule has 2 N–H and O–H groups in total. The average molecular weight is 327 g/mol. The Hall–Kier alpha value is -2.70. The van der Waals surface area contributed by atoms with Gasteiger partial charge in [-0.1, -0.05) is 18.2 Å². The van der Waals surface area contributed by atoms with Gasteiger partial charge in [0, 0.05) is 24.6 Å². The van der Waals surface area contributed by atoms with E-state index in [1.807, 2.05) is 35.8 Å². The molecule has 0 radical (unpaired) electrons. The van der Waals surface area contributed by atoms with E-state index in [-0.39, 0.29) is 17.7 Å². The molecule has 0 bridgehead atoms. The van der Waals surface area contributed by atoms with Crippen molar-refractivity contribution in [2.45, 2.75) is 39.3 Å². The summed E-state index contributed by atoms with van der Waals surface area (Å²) in [5.74, 6) is 0.486. The number of para-hydroxylation sites is 1. The number of amides is 2. The summed E-state index contributed by atoms with van der Waals surface area (Å²) in [6.45, 7) is 3.11. The fourth-order valence-electron chi connectivity index (χ4n) is 2.90. The fourth-order valence-corrected chi connectivity index (χ4v) is 2.90. The number of carbonyl (C=O) groups is 2. The standard InChI is InChI=1S/C17H21N5O2/c1-2-22-11-19-21-15(22)10-18-16(23)8-7-13-9-12-5-3-4-6-14(12)20-17(13)24/h3-6,11,13H,2,7-10H2,1H3,(H,18,23)(H,20,24). The summed E-state index contributed by atoms with van der Waals surface area (Å²) >= 11 is 0. The lowest BCUT2D eigenvalue weighted by Gasteiger charge is -2.24.